The minimum Gasteiger partial charge on any atom is -0.408 e. The van der Waals surface area contributed by atoms with Crippen molar-refractivity contribution in [1.82, 2.24) is 24.6 Å². The van der Waals surface area contributed by atoms with E-state index < -0.39 is 5.76 Å². The third-order valence-corrected chi connectivity index (χ3v) is 3.55. The van der Waals surface area contributed by atoms with Gasteiger partial charge in [0.05, 0.1) is 12.1 Å². The molecule has 0 fully saturated rings. The van der Waals surface area contributed by atoms with Gasteiger partial charge in [-0.3, -0.25) is 9.25 Å². The van der Waals surface area contributed by atoms with Gasteiger partial charge < -0.3 is 15.1 Å². The van der Waals surface area contributed by atoms with Gasteiger partial charge in [-0.15, -0.1) is 0 Å². The summed E-state index contributed by atoms with van der Waals surface area (Å²) in [4.78, 5) is 27.6. The van der Waals surface area contributed by atoms with Crippen LogP contribution in [0.4, 0.5) is 10.5 Å². The smallest absolute Gasteiger partial charge is 0.408 e. The fraction of sp³-hybridized carbons (Fsp3) is 0.333. The Kier molecular flexibility index (Phi) is 4.32. The molecule has 0 aliphatic rings. The van der Waals surface area contributed by atoms with Crippen molar-refractivity contribution in [2.75, 3.05) is 5.32 Å². The molecule has 0 aliphatic carbocycles. The number of nitrogens with zero attached hydrogens (tertiary/aromatic N) is 4. The first kappa shape index (κ1) is 15.8. The number of aryl methyl sites for hydroxylation is 1. The van der Waals surface area contributed by atoms with Crippen LogP contribution in [-0.4, -0.2) is 31.4 Å². The Hall–Kier alpha value is -3.10. The Balaban J connectivity index is 1.65. The second kappa shape index (κ2) is 6.57. The van der Waals surface area contributed by atoms with Crippen LogP contribution < -0.4 is 16.4 Å². The lowest BCUT2D eigenvalue weighted by atomic mass is 10.3. The maximum atomic E-state index is 12.1. The summed E-state index contributed by atoms with van der Waals surface area (Å²) in [5.41, 5.74) is 1.69. The lowest BCUT2D eigenvalue weighted by molar-refractivity contribution is 0.247. The highest BCUT2D eigenvalue weighted by molar-refractivity contribution is 5.91. The fourth-order valence-electron chi connectivity index (χ4n) is 2.49. The number of oxazole rings is 1. The van der Waals surface area contributed by atoms with Gasteiger partial charge in [0, 0.05) is 24.3 Å². The van der Waals surface area contributed by atoms with E-state index in [0.717, 1.165) is 0 Å². The first-order valence-electron chi connectivity index (χ1n) is 7.60. The molecule has 9 nitrogen and oxygen atoms in total. The topological polar surface area (TPSA) is 107 Å². The van der Waals surface area contributed by atoms with Crippen molar-refractivity contribution in [2.45, 2.75) is 33.0 Å². The standard InChI is InChI=1S/C15H18N6O3/c1-3-21-12-5-4-11(6-13(12)24-15(21)23)19-14(22)18-10(2)7-20-9-16-8-17-20/h4-6,8-10H,3,7H2,1-2H3,(H2,18,19,22). The first-order valence-corrected chi connectivity index (χ1v) is 7.60. The van der Waals surface area contributed by atoms with Crippen LogP contribution in [0.25, 0.3) is 11.1 Å². The average Bonchev–Trinajstić information content (AvgIpc) is 3.12. The molecule has 126 valence electrons. The molecular formula is C15H18N6O3. The van der Waals surface area contributed by atoms with Gasteiger partial charge in [0.2, 0.25) is 0 Å². The summed E-state index contributed by atoms with van der Waals surface area (Å²) in [7, 11) is 0. The molecule has 2 aromatic heterocycles. The number of benzene rings is 1. The number of carbonyl (C=O) groups excluding carboxylic acids is 1. The number of carbonyl (C=O) groups is 1. The second-order valence-electron chi connectivity index (χ2n) is 5.41. The molecule has 2 N–H and O–H groups in total. The van der Waals surface area contributed by atoms with Crippen molar-refractivity contribution in [1.29, 1.82) is 0 Å². The maximum Gasteiger partial charge on any atom is 0.419 e. The van der Waals surface area contributed by atoms with Crippen LogP contribution in [0, 0.1) is 0 Å². The Bertz CT molecular complexity index is 896. The van der Waals surface area contributed by atoms with Gasteiger partial charge in [0.25, 0.3) is 0 Å². The summed E-state index contributed by atoms with van der Waals surface area (Å²) in [5, 5.41) is 9.52. The van der Waals surface area contributed by atoms with Crippen LogP contribution in [-0.2, 0) is 13.1 Å². The average molecular weight is 330 g/mol. The van der Waals surface area contributed by atoms with Gasteiger partial charge in [-0.25, -0.2) is 14.6 Å². The number of anilines is 1. The molecule has 2 amide bonds. The lowest BCUT2D eigenvalue weighted by Gasteiger charge is -2.14. The molecule has 1 aromatic carbocycles. The van der Waals surface area contributed by atoms with Gasteiger partial charge in [-0.1, -0.05) is 0 Å². The third-order valence-electron chi connectivity index (χ3n) is 3.55. The molecule has 3 aromatic rings. The van der Waals surface area contributed by atoms with Crippen LogP contribution >= 0.6 is 0 Å². The molecule has 3 rings (SSSR count). The quantitative estimate of drug-likeness (QED) is 0.735. The van der Waals surface area contributed by atoms with Crippen LogP contribution in [0.1, 0.15) is 13.8 Å². The Labute approximate surface area is 137 Å². The largest absolute Gasteiger partial charge is 0.419 e. The number of hydrogen-bond donors (Lipinski definition) is 2. The number of fused-ring (bicyclic) bond motifs is 1. The fourth-order valence-corrected chi connectivity index (χ4v) is 2.49. The zero-order valence-electron chi connectivity index (χ0n) is 13.4. The highest BCUT2D eigenvalue weighted by atomic mass is 16.4. The summed E-state index contributed by atoms with van der Waals surface area (Å²) >= 11 is 0. The highest BCUT2D eigenvalue weighted by Gasteiger charge is 2.11. The van der Waals surface area contributed by atoms with Crippen LogP contribution in [0.15, 0.2) is 40.1 Å². The summed E-state index contributed by atoms with van der Waals surface area (Å²) in [6, 6.07) is 4.63. The zero-order chi connectivity index (χ0) is 17.1. The van der Waals surface area contributed by atoms with Crippen molar-refractivity contribution >= 4 is 22.8 Å². The van der Waals surface area contributed by atoms with E-state index in [0.29, 0.717) is 29.9 Å². The maximum absolute atomic E-state index is 12.1. The molecule has 0 saturated heterocycles. The van der Waals surface area contributed by atoms with E-state index in [-0.39, 0.29) is 12.1 Å². The van der Waals surface area contributed by atoms with Crippen LogP contribution in [0.5, 0.6) is 0 Å². The van der Waals surface area contributed by atoms with Gasteiger partial charge in [0.1, 0.15) is 12.7 Å². The molecule has 9 heteroatoms. The van der Waals surface area contributed by atoms with E-state index in [9.17, 15) is 9.59 Å². The molecule has 0 bridgehead atoms. The number of hydrogen-bond acceptors (Lipinski definition) is 5. The summed E-state index contributed by atoms with van der Waals surface area (Å²) in [6.45, 7) is 4.77. The van der Waals surface area contributed by atoms with Gasteiger partial charge in [0.15, 0.2) is 5.58 Å². The second-order valence-corrected chi connectivity index (χ2v) is 5.41. The van der Waals surface area contributed by atoms with Gasteiger partial charge >= 0.3 is 11.8 Å². The van der Waals surface area contributed by atoms with E-state index in [4.69, 9.17) is 4.42 Å². The van der Waals surface area contributed by atoms with Gasteiger partial charge in [-0.05, 0) is 26.0 Å². The minimum atomic E-state index is -0.407. The molecule has 1 atom stereocenters. The summed E-state index contributed by atoms with van der Waals surface area (Å²) in [6.07, 6.45) is 3.03. The Morgan fingerprint density at radius 3 is 2.96 bits per heavy atom. The lowest BCUT2D eigenvalue weighted by Crippen LogP contribution is -2.38. The molecule has 2 heterocycles. The Morgan fingerprint density at radius 1 is 1.42 bits per heavy atom. The number of nitrogens with one attached hydrogen (secondary N) is 2. The Morgan fingerprint density at radius 2 is 2.25 bits per heavy atom. The predicted molar refractivity (Wildman–Crippen MR) is 87.8 cm³/mol. The third kappa shape index (κ3) is 3.29. The summed E-state index contributed by atoms with van der Waals surface area (Å²) in [5.74, 6) is -0.407. The minimum absolute atomic E-state index is 0.130. The normalized spacial score (nSPS) is 12.2. The molecule has 0 spiro atoms. The highest BCUT2D eigenvalue weighted by Crippen LogP contribution is 2.18. The van der Waals surface area contributed by atoms with E-state index >= 15 is 0 Å². The van der Waals surface area contributed by atoms with E-state index in [1.54, 1.807) is 29.2 Å². The summed E-state index contributed by atoms with van der Waals surface area (Å²) < 4.78 is 8.35. The molecule has 24 heavy (non-hydrogen) atoms. The molecule has 0 radical (unpaired) electrons. The van der Waals surface area contributed by atoms with Crippen LogP contribution in [0.3, 0.4) is 0 Å². The monoisotopic (exact) mass is 330 g/mol. The van der Waals surface area contributed by atoms with Crippen molar-refractivity contribution in [3.8, 4) is 0 Å². The van der Waals surface area contributed by atoms with E-state index in [2.05, 4.69) is 20.7 Å². The van der Waals surface area contributed by atoms with E-state index in [1.807, 2.05) is 13.8 Å². The number of urea groups is 1. The SMILES string of the molecule is CCn1c(=O)oc2cc(NC(=O)NC(C)Cn3cncn3)ccc21. The van der Waals surface area contributed by atoms with E-state index in [1.165, 1.54) is 10.9 Å². The zero-order valence-corrected chi connectivity index (χ0v) is 13.4. The molecule has 1 unspecified atom stereocenters. The van der Waals surface area contributed by atoms with Crippen molar-refractivity contribution < 1.29 is 9.21 Å². The van der Waals surface area contributed by atoms with Crippen molar-refractivity contribution in [3.05, 3.63) is 41.4 Å². The number of aromatic nitrogens is 4. The first-order chi connectivity index (χ1) is 11.6. The molecule has 0 saturated carbocycles. The molecular weight excluding hydrogens is 312 g/mol. The molecule has 0 aliphatic heterocycles. The van der Waals surface area contributed by atoms with Crippen LogP contribution in [0.2, 0.25) is 0 Å². The van der Waals surface area contributed by atoms with Crippen molar-refractivity contribution in [2.24, 2.45) is 0 Å². The number of rotatable bonds is 5. The van der Waals surface area contributed by atoms with Gasteiger partial charge in [-0.2, -0.15) is 5.10 Å². The van der Waals surface area contributed by atoms with Crippen molar-refractivity contribution in [3.63, 3.8) is 0 Å². The number of amides is 2. The predicted octanol–water partition coefficient (Wildman–Crippen LogP) is 1.42.